The SMILES string of the molecule is CCNC(CN1CCCCCC1=O)c1ccc(C)cc1C. The van der Waals surface area contributed by atoms with E-state index in [0.717, 1.165) is 32.5 Å². The molecule has 3 heteroatoms. The molecule has 2 rings (SSSR count). The van der Waals surface area contributed by atoms with Crippen LogP contribution in [0, 0.1) is 13.8 Å². The van der Waals surface area contributed by atoms with Crippen LogP contribution in [0.25, 0.3) is 0 Å². The van der Waals surface area contributed by atoms with Gasteiger partial charge in [-0.2, -0.15) is 0 Å². The molecule has 1 N–H and O–H groups in total. The van der Waals surface area contributed by atoms with Gasteiger partial charge in [0.1, 0.15) is 0 Å². The summed E-state index contributed by atoms with van der Waals surface area (Å²) in [5.41, 5.74) is 3.92. The second-order valence-electron chi connectivity index (χ2n) is 6.12. The molecule has 1 aliphatic heterocycles. The number of carbonyl (C=O) groups is 1. The fraction of sp³-hybridized carbons (Fsp3) is 0.611. The summed E-state index contributed by atoms with van der Waals surface area (Å²) < 4.78 is 0. The molecule has 1 heterocycles. The van der Waals surface area contributed by atoms with Gasteiger partial charge < -0.3 is 10.2 Å². The Labute approximate surface area is 128 Å². The van der Waals surface area contributed by atoms with E-state index in [1.54, 1.807) is 0 Å². The lowest BCUT2D eigenvalue weighted by Gasteiger charge is -2.28. The van der Waals surface area contributed by atoms with Crippen LogP contribution >= 0.6 is 0 Å². The van der Waals surface area contributed by atoms with E-state index in [1.807, 2.05) is 0 Å². The summed E-state index contributed by atoms with van der Waals surface area (Å²) in [6, 6.07) is 6.83. The van der Waals surface area contributed by atoms with Gasteiger partial charge in [0, 0.05) is 19.5 Å². The number of carbonyl (C=O) groups excluding carboxylic acids is 1. The fourth-order valence-corrected chi connectivity index (χ4v) is 3.19. The number of aryl methyl sites for hydroxylation is 2. The van der Waals surface area contributed by atoms with Gasteiger partial charge in [0.05, 0.1) is 6.04 Å². The van der Waals surface area contributed by atoms with Crippen LogP contribution in [0.1, 0.15) is 55.3 Å². The third kappa shape index (κ3) is 4.31. The van der Waals surface area contributed by atoms with Crippen molar-refractivity contribution < 1.29 is 4.79 Å². The van der Waals surface area contributed by atoms with Gasteiger partial charge in [-0.25, -0.2) is 0 Å². The molecular formula is C18H28N2O. The van der Waals surface area contributed by atoms with Crippen molar-refractivity contribution in [2.45, 2.75) is 52.5 Å². The summed E-state index contributed by atoms with van der Waals surface area (Å²) in [5.74, 6) is 0.320. The van der Waals surface area contributed by atoms with E-state index in [1.165, 1.54) is 23.1 Å². The quantitative estimate of drug-likeness (QED) is 0.901. The van der Waals surface area contributed by atoms with Crippen LogP contribution in [0.15, 0.2) is 18.2 Å². The highest BCUT2D eigenvalue weighted by atomic mass is 16.2. The Bertz CT molecular complexity index is 484. The van der Waals surface area contributed by atoms with E-state index in [9.17, 15) is 4.79 Å². The molecule has 1 aromatic carbocycles. The van der Waals surface area contributed by atoms with E-state index in [4.69, 9.17) is 0 Å². The lowest BCUT2D eigenvalue weighted by Crippen LogP contribution is -2.39. The molecular weight excluding hydrogens is 260 g/mol. The predicted molar refractivity (Wildman–Crippen MR) is 87.4 cm³/mol. The predicted octanol–water partition coefficient (Wildman–Crippen LogP) is 3.36. The van der Waals surface area contributed by atoms with Crippen LogP contribution in [0.4, 0.5) is 0 Å². The van der Waals surface area contributed by atoms with Crippen molar-refractivity contribution in [3.05, 3.63) is 34.9 Å². The Kier molecular flexibility index (Phi) is 5.80. The molecule has 21 heavy (non-hydrogen) atoms. The smallest absolute Gasteiger partial charge is 0.222 e. The molecule has 0 saturated carbocycles. The Hall–Kier alpha value is -1.35. The van der Waals surface area contributed by atoms with E-state index in [-0.39, 0.29) is 6.04 Å². The van der Waals surface area contributed by atoms with E-state index in [2.05, 4.69) is 49.2 Å². The number of nitrogens with zero attached hydrogens (tertiary/aromatic N) is 1. The largest absolute Gasteiger partial charge is 0.341 e. The van der Waals surface area contributed by atoms with Gasteiger partial charge in [0.2, 0.25) is 5.91 Å². The first kappa shape index (κ1) is 16.0. The first-order valence-electron chi connectivity index (χ1n) is 8.20. The molecule has 1 aromatic rings. The average Bonchev–Trinajstić information content (AvgIpc) is 2.64. The maximum atomic E-state index is 12.2. The first-order chi connectivity index (χ1) is 10.1. The molecule has 1 atom stereocenters. The Morgan fingerprint density at radius 3 is 2.76 bits per heavy atom. The van der Waals surface area contributed by atoms with Crippen molar-refractivity contribution in [1.82, 2.24) is 10.2 Å². The van der Waals surface area contributed by atoms with Gasteiger partial charge in [-0.15, -0.1) is 0 Å². The van der Waals surface area contributed by atoms with Gasteiger partial charge in [-0.1, -0.05) is 37.1 Å². The summed E-state index contributed by atoms with van der Waals surface area (Å²) in [5, 5.41) is 3.55. The number of nitrogens with one attached hydrogen (secondary N) is 1. The molecule has 0 bridgehead atoms. The van der Waals surface area contributed by atoms with Crippen LogP contribution in [-0.4, -0.2) is 30.4 Å². The monoisotopic (exact) mass is 288 g/mol. The standard InChI is InChI=1S/C18H28N2O/c1-4-19-17(16-10-9-14(2)12-15(16)3)13-20-11-7-5-6-8-18(20)21/h9-10,12,17,19H,4-8,11,13H2,1-3H3. The topological polar surface area (TPSA) is 32.3 Å². The van der Waals surface area contributed by atoms with Crippen LogP contribution in [0.3, 0.4) is 0 Å². The third-order valence-corrected chi connectivity index (χ3v) is 4.33. The Balaban J connectivity index is 2.16. The lowest BCUT2D eigenvalue weighted by atomic mass is 9.98. The van der Waals surface area contributed by atoms with Gasteiger partial charge in [-0.3, -0.25) is 4.79 Å². The van der Waals surface area contributed by atoms with Gasteiger partial charge in [0.25, 0.3) is 0 Å². The van der Waals surface area contributed by atoms with Crippen LogP contribution < -0.4 is 5.32 Å². The number of rotatable bonds is 5. The number of likely N-dealkylation sites (N-methyl/N-ethyl adjacent to an activating group) is 1. The zero-order chi connectivity index (χ0) is 15.2. The van der Waals surface area contributed by atoms with Crippen molar-refractivity contribution in [3.63, 3.8) is 0 Å². The molecule has 1 saturated heterocycles. The minimum absolute atomic E-state index is 0.234. The maximum absolute atomic E-state index is 12.2. The maximum Gasteiger partial charge on any atom is 0.222 e. The average molecular weight is 288 g/mol. The summed E-state index contributed by atoms with van der Waals surface area (Å²) in [4.78, 5) is 14.3. The van der Waals surface area contributed by atoms with Crippen molar-refractivity contribution in [1.29, 1.82) is 0 Å². The number of likely N-dealkylation sites (tertiary alicyclic amines) is 1. The van der Waals surface area contributed by atoms with Crippen molar-refractivity contribution in [2.24, 2.45) is 0 Å². The minimum Gasteiger partial charge on any atom is -0.341 e. The van der Waals surface area contributed by atoms with Crippen molar-refractivity contribution in [2.75, 3.05) is 19.6 Å². The molecule has 0 aromatic heterocycles. The Morgan fingerprint density at radius 1 is 1.24 bits per heavy atom. The fourth-order valence-electron chi connectivity index (χ4n) is 3.19. The second kappa shape index (κ2) is 7.60. The number of hydrogen-bond donors (Lipinski definition) is 1. The Morgan fingerprint density at radius 2 is 2.05 bits per heavy atom. The number of amides is 1. The van der Waals surface area contributed by atoms with E-state index >= 15 is 0 Å². The molecule has 0 radical (unpaired) electrons. The van der Waals surface area contributed by atoms with Gasteiger partial charge >= 0.3 is 0 Å². The zero-order valence-corrected chi connectivity index (χ0v) is 13.6. The zero-order valence-electron chi connectivity index (χ0n) is 13.6. The van der Waals surface area contributed by atoms with Crippen molar-refractivity contribution in [3.8, 4) is 0 Å². The van der Waals surface area contributed by atoms with E-state index in [0.29, 0.717) is 12.3 Å². The molecule has 1 amide bonds. The lowest BCUT2D eigenvalue weighted by molar-refractivity contribution is -0.131. The van der Waals surface area contributed by atoms with Crippen LogP contribution in [0.2, 0.25) is 0 Å². The summed E-state index contributed by atoms with van der Waals surface area (Å²) >= 11 is 0. The summed E-state index contributed by atoms with van der Waals surface area (Å²) in [7, 11) is 0. The first-order valence-corrected chi connectivity index (χ1v) is 8.20. The molecule has 1 unspecified atom stereocenters. The normalized spacial score (nSPS) is 17.7. The molecule has 0 spiro atoms. The van der Waals surface area contributed by atoms with Gasteiger partial charge in [0.15, 0.2) is 0 Å². The highest BCUT2D eigenvalue weighted by Crippen LogP contribution is 2.22. The van der Waals surface area contributed by atoms with Crippen LogP contribution in [0.5, 0.6) is 0 Å². The molecule has 1 fully saturated rings. The molecule has 1 aliphatic rings. The molecule has 0 aliphatic carbocycles. The van der Waals surface area contributed by atoms with E-state index < -0.39 is 0 Å². The highest BCUT2D eigenvalue weighted by Gasteiger charge is 2.22. The molecule has 3 nitrogen and oxygen atoms in total. The second-order valence-corrected chi connectivity index (χ2v) is 6.12. The highest BCUT2D eigenvalue weighted by molar-refractivity contribution is 5.76. The minimum atomic E-state index is 0.234. The summed E-state index contributed by atoms with van der Waals surface area (Å²) in [6.45, 7) is 9.03. The van der Waals surface area contributed by atoms with Crippen LogP contribution in [-0.2, 0) is 4.79 Å². The third-order valence-electron chi connectivity index (χ3n) is 4.33. The molecule has 116 valence electrons. The number of hydrogen-bond acceptors (Lipinski definition) is 2. The van der Waals surface area contributed by atoms with Gasteiger partial charge in [-0.05, 0) is 44.4 Å². The van der Waals surface area contributed by atoms with Crippen molar-refractivity contribution >= 4 is 5.91 Å². The summed E-state index contributed by atoms with van der Waals surface area (Å²) in [6.07, 6.45) is 4.08. The number of benzene rings is 1.